The summed E-state index contributed by atoms with van der Waals surface area (Å²) in [7, 11) is -0.160. The predicted molar refractivity (Wildman–Crippen MR) is 135 cm³/mol. The highest BCUT2D eigenvalue weighted by Gasteiger charge is 2.29. The predicted octanol–water partition coefficient (Wildman–Crippen LogP) is 5.59. The van der Waals surface area contributed by atoms with Crippen LogP contribution < -0.4 is 12.4 Å². The van der Waals surface area contributed by atoms with Gasteiger partial charge < -0.3 is 17.5 Å². The maximum absolute atomic E-state index is 9.84. The maximum Gasteiger partial charge on any atom is 0.166 e. The van der Waals surface area contributed by atoms with Crippen LogP contribution in [0.25, 0.3) is 0 Å². The van der Waals surface area contributed by atoms with E-state index in [1.807, 2.05) is 12.1 Å². The molecule has 2 saturated carbocycles. The van der Waals surface area contributed by atoms with Gasteiger partial charge in [-0.05, 0) is 97.2 Å². The third kappa shape index (κ3) is 5.78. The van der Waals surface area contributed by atoms with E-state index in [9.17, 15) is 5.11 Å². The highest BCUT2D eigenvalue weighted by atomic mass is 35.5. The van der Waals surface area contributed by atoms with Crippen LogP contribution in [0.15, 0.2) is 87.5 Å². The first kappa shape index (κ1) is 24.2. The number of rotatable bonds is 5. The molecule has 0 radical (unpaired) electrons. The molecule has 174 valence electrons. The first-order valence-corrected chi connectivity index (χ1v) is 13.7. The van der Waals surface area contributed by atoms with Gasteiger partial charge >= 0.3 is 0 Å². The van der Waals surface area contributed by atoms with Gasteiger partial charge in [-0.3, -0.25) is 0 Å². The molecule has 33 heavy (non-hydrogen) atoms. The lowest BCUT2D eigenvalue weighted by Gasteiger charge is -2.22. The van der Waals surface area contributed by atoms with Crippen LogP contribution in [0.3, 0.4) is 0 Å². The van der Waals surface area contributed by atoms with Crippen molar-refractivity contribution in [1.82, 2.24) is 0 Å². The van der Waals surface area contributed by atoms with Gasteiger partial charge in [-0.25, -0.2) is 0 Å². The van der Waals surface area contributed by atoms with E-state index in [1.165, 1.54) is 90.0 Å². The van der Waals surface area contributed by atoms with Gasteiger partial charge in [0.15, 0.2) is 14.7 Å². The number of hydrogen-bond donors (Lipinski definition) is 1. The number of phenolic OH excluding ortho intramolecular Hbond substituents is 1. The Morgan fingerprint density at radius 3 is 1.18 bits per heavy atom. The molecule has 0 amide bonds. The molecule has 0 unspecified atom stereocenters. The maximum atomic E-state index is 9.84. The minimum Gasteiger partial charge on any atom is -1.00 e. The lowest BCUT2D eigenvalue weighted by Crippen LogP contribution is -3.00. The summed E-state index contributed by atoms with van der Waals surface area (Å²) in [5.74, 6) is 1.81. The van der Waals surface area contributed by atoms with Crippen molar-refractivity contribution in [3.8, 4) is 5.75 Å². The summed E-state index contributed by atoms with van der Waals surface area (Å²) in [4.78, 5) is 3.99. The fourth-order valence-corrected chi connectivity index (χ4v) is 7.66. The summed E-state index contributed by atoms with van der Waals surface area (Å²) in [6.07, 6.45) is 13.6. The Bertz CT molecular complexity index is 923. The van der Waals surface area contributed by atoms with Gasteiger partial charge in [0.05, 0.1) is 10.9 Å². The zero-order valence-corrected chi connectivity index (χ0v) is 21.0. The Hall–Kier alpha value is -1.90. The zero-order chi connectivity index (χ0) is 21.8. The van der Waals surface area contributed by atoms with Crippen LogP contribution in [0.2, 0.25) is 0 Å². The van der Waals surface area contributed by atoms with E-state index in [0.717, 1.165) is 11.8 Å². The number of hydrogen-bond acceptors (Lipinski definition) is 1. The SMILES string of the molecule is Oc1ccc([S+](c2ccc(C3CCCCC3)cc2)c2ccc(C3CCCCC3)cc2)cc1.[Cl-]. The van der Waals surface area contributed by atoms with Gasteiger partial charge in [0.25, 0.3) is 0 Å². The molecule has 3 heteroatoms. The molecule has 2 aliphatic rings. The molecule has 1 nitrogen and oxygen atoms in total. The van der Waals surface area contributed by atoms with Gasteiger partial charge in [-0.2, -0.15) is 0 Å². The van der Waals surface area contributed by atoms with Crippen molar-refractivity contribution in [1.29, 1.82) is 0 Å². The zero-order valence-electron chi connectivity index (χ0n) is 19.4. The third-order valence-electron chi connectivity index (χ3n) is 7.46. The highest BCUT2D eigenvalue weighted by Crippen LogP contribution is 2.38. The van der Waals surface area contributed by atoms with Crippen molar-refractivity contribution < 1.29 is 17.5 Å². The molecular formula is C30H35ClOS. The van der Waals surface area contributed by atoms with Gasteiger partial charge in [-0.15, -0.1) is 0 Å². The smallest absolute Gasteiger partial charge is 0.166 e. The Balaban J connectivity index is 0.00000259. The Labute approximate surface area is 208 Å². The number of aromatic hydroxyl groups is 1. The van der Waals surface area contributed by atoms with Crippen LogP contribution in [-0.4, -0.2) is 5.11 Å². The van der Waals surface area contributed by atoms with Crippen molar-refractivity contribution in [2.45, 2.75) is 90.7 Å². The molecule has 0 atom stereocenters. The van der Waals surface area contributed by atoms with E-state index in [1.54, 1.807) is 0 Å². The molecule has 2 fully saturated rings. The standard InChI is InChI=1S/C30H34OS.ClH/c31-27-15-21-30(22-16-27)32(28-17-11-25(12-18-28)23-7-3-1-4-8-23)29-19-13-26(14-20-29)24-9-5-2-6-10-24;/h11-24H,1-10H2;1H. The summed E-state index contributed by atoms with van der Waals surface area (Å²) in [5, 5.41) is 9.84. The molecule has 0 bridgehead atoms. The first-order chi connectivity index (χ1) is 15.8. The van der Waals surface area contributed by atoms with Crippen LogP contribution in [0.1, 0.15) is 87.2 Å². The van der Waals surface area contributed by atoms with E-state index in [4.69, 9.17) is 0 Å². The highest BCUT2D eigenvalue weighted by molar-refractivity contribution is 7.97. The van der Waals surface area contributed by atoms with E-state index in [-0.39, 0.29) is 23.3 Å². The minimum absolute atomic E-state index is 0. The topological polar surface area (TPSA) is 20.2 Å². The van der Waals surface area contributed by atoms with Crippen LogP contribution in [0.5, 0.6) is 5.75 Å². The Morgan fingerprint density at radius 2 is 0.818 bits per heavy atom. The third-order valence-corrected chi connectivity index (χ3v) is 9.69. The second-order valence-electron chi connectivity index (χ2n) is 9.61. The lowest BCUT2D eigenvalue weighted by molar-refractivity contribution is -0.00000749. The average Bonchev–Trinajstić information content (AvgIpc) is 2.87. The van der Waals surface area contributed by atoms with Crippen LogP contribution in [0.4, 0.5) is 0 Å². The monoisotopic (exact) mass is 478 g/mol. The summed E-state index contributed by atoms with van der Waals surface area (Å²) >= 11 is 0. The molecule has 0 heterocycles. The molecule has 5 rings (SSSR count). The van der Waals surface area contributed by atoms with Gasteiger partial charge in [-0.1, -0.05) is 62.8 Å². The molecule has 0 aromatic heterocycles. The molecule has 0 saturated heterocycles. The van der Waals surface area contributed by atoms with Crippen molar-refractivity contribution >= 4 is 10.9 Å². The lowest BCUT2D eigenvalue weighted by atomic mass is 9.84. The first-order valence-electron chi connectivity index (χ1n) is 12.5. The quantitative estimate of drug-likeness (QED) is 0.474. The summed E-state index contributed by atoms with van der Waals surface area (Å²) < 4.78 is 0. The molecule has 3 aromatic carbocycles. The van der Waals surface area contributed by atoms with Gasteiger partial charge in [0, 0.05) is 0 Å². The molecule has 0 spiro atoms. The van der Waals surface area contributed by atoms with Crippen molar-refractivity contribution in [2.24, 2.45) is 0 Å². The average molecular weight is 479 g/mol. The number of halogens is 1. The Morgan fingerprint density at radius 1 is 0.485 bits per heavy atom. The number of phenols is 1. The molecule has 0 aliphatic heterocycles. The fraction of sp³-hybridized carbons (Fsp3) is 0.400. The van der Waals surface area contributed by atoms with Gasteiger partial charge in [0.2, 0.25) is 0 Å². The summed E-state index contributed by atoms with van der Waals surface area (Å²) in [6.45, 7) is 0. The summed E-state index contributed by atoms with van der Waals surface area (Å²) in [5.41, 5.74) is 3.02. The fourth-order valence-electron chi connectivity index (χ4n) is 5.61. The summed E-state index contributed by atoms with van der Waals surface area (Å²) in [6, 6.07) is 26.7. The van der Waals surface area contributed by atoms with Crippen LogP contribution in [-0.2, 0) is 10.9 Å². The molecule has 2 aliphatic carbocycles. The molecule has 3 aromatic rings. The second-order valence-corrected chi connectivity index (χ2v) is 11.6. The largest absolute Gasteiger partial charge is 1.00 e. The van der Waals surface area contributed by atoms with E-state index in [0.29, 0.717) is 5.75 Å². The molecule has 1 N–H and O–H groups in total. The molecular weight excluding hydrogens is 444 g/mol. The number of benzene rings is 3. The van der Waals surface area contributed by atoms with E-state index >= 15 is 0 Å². The van der Waals surface area contributed by atoms with Crippen molar-refractivity contribution in [2.75, 3.05) is 0 Å². The van der Waals surface area contributed by atoms with Crippen molar-refractivity contribution in [3.63, 3.8) is 0 Å². The second kappa shape index (κ2) is 11.5. The minimum atomic E-state index is -0.160. The van der Waals surface area contributed by atoms with Gasteiger partial charge in [0.1, 0.15) is 5.75 Å². The Kier molecular flexibility index (Phi) is 8.44. The van der Waals surface area contributed by atoms with E-state index < -0.39 is 0 Å². The van der Waals surface area contributed by atoms with Crippen molar-refractivity contribution in [3.05, 3.63) is 83.9 Å². The van der Waals surface area contributed by atoms with E-state index in [2.05, 4.69) is 60.7 Å². The normalized spacial score (nSPS) is 17.6. The van der Waals surface area contributed by atoms with Crippen LogP contribution >= 0.6 is 0 Å². The van der Waals surface area contributed by atoms with Crippen LogP contribution in [0, 0.1) is 0 Å².